The van der Waals surface area contributed by atoms with E-state index in [-0.39, 0.29) is 117 Å². The zero-order valence-electron chi connectivity index (χ0n) is 69.3. The molecule has 0 aliphatic heterocycles. The van der Waals surface area contributed by atoms with Crippen LogP contribution in [0, 0.1) is 28.8 Å². The minimum absolute atomic E-state index is 0.0116. The molecule has 12 aromatic rings. The molecular weight excluding hydrogens is 1880 g/mol. The van der Waals surface area contributed by atoms with Crippen LogP contribution in [-0.4, -0.2) is 143 Å². The molecule has 0 bridgehead atoms. The van der Waals surface area contributed by atoms with Crippen LogP contribution in [0.2, 0.25) is 0 Å². The standard InChI is InChI=1S/C21H23FN4O3S.C20H23F6N3O3S2.C19H21F6N3O3S2.C18H20F5N3O3S2/c1-4-20(27)21(5-2,15-8-6-14(12-23)7-9-15)26-19-11-16(22)10-18(17(19)13-24-26)25-30(3,28)29;1-4-19(30)20(5-2,13-6-8-15(9-7-13)34(22,23,24,25)26)29-18-11-14(21)10-17(16(18)12-27-29)28-33(3,31)32;1-4-19(12(2)29,13-5-7-15(8-6-13)33(21,22,23,24)25)28-18-10-14(20)9-17(16(18)11-26-28)27-32(3,30)31;1-12(27)18(2,13-7-9-14(10-8-13)31(19,20,21,22)23)26-17-6-4-5-16(15(17)11-24-26)25-30(3,28)29/h6-11,13,20,25,27H,4-5H2,1-3H3;6-12,19,28,30H,4-5H2,1-3H3;5-12,27,29H,4H2,1-3H3;4-12,25,27H,1-3H3. The van der Waals surface area contributed by atoms with Gasteiger partial charge in [0.25, 0.3) is 0 Å². The number of hydrogen-bond acceptors (Lipinski definition) is 17. The maximum absolute atomic E-state index is 14.4. The lowest BCUT2D eigenvalue weighted by atomic mass is 9.80. The van der Waals surface area contributed by atoms with E-state index in [2.05, 4.69) is 45.4 Å². The highest BCUT2D eigenvalue weighted by molar-refractivity contribution is 8.46. The van der Waals surface area contributed by atoms with Crippen LogP contribution in [-0.2, 0) is 62.2 Å². The van der Waals surface area contributed by atoms with Gasteiger partial charge in [-0.05, 0) is 172 Å². The number of nitriles is 1. The van der Waals surface area contributed by atoms with Crippen LogP contribution in [0.3, 0.4) is 0 Å². The molecule has 0 saturated carbocycles. The number of aliphatic hydroxyl groups excluding tert-OH is 4. The topological polar surface area (TPSA) is 361 Å². The Morgan fingerprint density at radius 1 is 0.375 bits per heavy atom. The molecule has 25 nitrogen and oxygen atoms in total. The Hall–Kier alpha value is -10.2. The van der Waals surface area contributed by atoms with Gasteiger partial charge in [-0.3, -0.25) is 37.6 Å². The van der Waals surface area contributed by atoms with Gasteiger partial charge in [-0.1, -0.05) is 148 Å². The van der Waals surface area contributed by atoms with Crippen LogP contribution in [0.1, 0.15) is 115 Å². The van der Waals surface area contributed by atoms with Crippen molar-refractivity contribution in [3.8, 4) is 6.07 Å². The van der Waals surface area contributed by atoms with Crippen molar-refractivity contribution in [1.82, 2.24) is 39.1 Å². The number of halogens is 18. The average molecular weight is 1970 g/mol. The van der Waals surface area contributed by atoms with Crippen LogP contribution in [0.5, 0.6) is 0 Å². The lowest BCUT2D eigenvalue weighted by Gasteiger charge is -2.42. The maximum Gasteiger partial charge on any atom is 0.310 e. The van der Waals surface area contributed by atoms with Crippen LogP contribution in [0.15, 0.2) is 191 Å². The molecule has 0 aliphatic carbocycles. The normalized spacial score (nSPS) is 17.1. The first-order valence-electron chi connectivity index (χ1n) is 37.8. The summed E-state index contributed by atoms with van der Waals surface area (Å²) in [7, 11) is -44.5. The average Bonchev–Trinajstić information content (AvgIpc) is 0.740. The van der Waals surface area contributed by atoms with E-state index in [1.54, 1.807) is 55.8 Å². The zero-order chi connectivity index (χ0) is 96.5. The van der Waals surface area contributed by atoms with Crippen molar-refractivity contribution in [3.05, 3.63) is 222 Å². The summed E-state index contributed by atoms with van der Waals surface area (Å²) in [6.07, 6.45) is 5.18. The largest absolute Gasteiger partial charge is 0.391 e. The molecule has 8 atom stereocenters. The van der Waals surface area contributed by atoms with Crippen LogP contribution in [0.25, 0.3) is 43.6 Å². The Morgan fingerprint density at radius 2 is 0.641 bits per heavy atom. The molecule has 8 unspecified atom stereocenters. The Kier molecular flexibility index (Phi) is 25.9. The third-order valence-electron chi connectivity index (χ3n) is 21.3. The summed E-state index contributed by atoms with van der Waals surface area (Å²) in [4.78, 5) is -6.22. The minimum Gasteiger partial charge on any atom is -0.391 e. The van der Waals surface area contributed by atoms with Crippen LogP contribution >= 0.6 is 30.7 Å². The van der Waals surface area contributed by atoms with E-state index in [1.165, 1.54) is 73.1 Å². The summed E-state index contributed by atoms with van der Waals surface area (Å²) >= 11 is 0. The summed E-state index contributed by atoms with van der Waals surface area (Å²) in [5.41, 5.74) is -3.52. The fourth-order valence-electron chi connectivity index (χ4n) is 15.2. The fraction of sp³-hybridized carbons (Fsp3) is 0.321. The highest BCUT2D eigenvalue weighted by Crippen LogP contribution is 3.03. The van der Waals surface area contributed by atoms with Crippen LogP contribution in [0.4, 0.5) is 94.2 Å². The van der Waals surface area contributed by atoms with Crippen molar-refractivity contribution in [3.63, 3.8) is 0 Å². The van der Waals surface area contributed by atoms with Crippen molar-refractivity contribution < 1.29 is 126 Å². The number of hydrogen-bond donors (Lipinski definition) is 8. The Balaban J connectivity index is 0.000000193. The summed E-state index contributed by atoms with van der Waals surface area (Å²) < 4.78 is 348. The Bertz CT molecular complexity index is 6780. The SMILES string of the molecule is CC(O)C(C)(c1ccc(S(F)(F)(F)(F)F)cc1)n1ncc2c(NS(C)(=O)=O)cccc21.CCC(O)C(CC)(c1ccc(C#N)cc1)n1ncc2c(NS(C)(=O)=O)cc(F)cc21.CCC(O)C(CC)(c1ccc(S(F)(F)(F)(F)F)cc1)n1ncc2c(NS(C)(=O)=O)cc(F)cc21.CCC(c1ccc(S(F)(F)(F)(F)F)cc1)(C(C)O)n1ncc2c(NS(C)(=O)=O)cc(F)cc21. The maximum atomic E-state index is 14.4. The summed E-state index contributed by atoms with van der Waals surface area (Å²) in [6.45, 7) is 12.7. The molecule has 4 aromatic heterocycles. The second-order valence-corrected chi connectivity index (χ2v) is 44.7. The zero-order valence-corrected chi connectivity index (χ0v) is 75.0. The summed E-state index contributed by atoms with van der Waals surface area (Å²) in [6, 6.07) is 26.3. The second-order valence-electron chi connectivity index (χ2n) is 30.5. The number of nitrogens with one attached hydrogen (secondary N) is 4. The van der Waals surface area contributed by atoms with E-state index in [0.717, 1.165) is 96.4 Å². The summed E-state index contributed by atoms with van der Waals surface area (Å²) in [5.74, 6) is -2.32. The third kappa shape index (κ3) is 21.7. The van der Waals surface area contributed by atoms with Gasteiger partial charge in [0.1, 0.15) is 54.3 Å². The first-order chi connectivity index (χ1) is 58.1. The number of benzene rings is 8. The number of aliphatic hydroxyl groups is 4. The predicted octanol–water partition coefficient (Wildman–Crippen LogP) is 20.4. The van der Waals surface area contributed by atoms with Gasteiger partial charge in [0, 0.05) is 21.5 Å². The lowest BCUT2D eigenvalue weighted by molar-refractivity contribution is 0.0485. The van der Waals surface area contributed by atoms with E-state index in [9.17, 15) is 126 Å². The predicted molar refractivity (Wildman–Crippen MR) is 458 cm³/mol. The monoisotopic (exact) mass is 1960 g/mol. The quantitative estimate of drug-likeness (QED) is 0.0211. The van der Waals surface area contributed by atoms with Crippen molar-refractivity contribution in [1.29, 1.82) is 5.26 Å². The third-order valence-corrected chi connectivity index (χ3v) is 27.2. The molecule has 0 saturated heterocycles. The molecule has 0 spiro atoms. The van der Waals surface area contributed by atoms with E-state index >= 15 is 0 Å². The Labute approximate surface area is 723 Å². The molecule has 0 fully saturated rings. The van der Waals surface area contributed by atoms with E-state index < -0.39 is 149 Å². The van der Waals surface area contributed by atoms with Crippen molar-refractivity contribution in [2.24, 2.45) is 0 Å². The van der Waals surface area contributed by atoms with E-state index in [4.69, 9.17) is 5.26 Å². The van der Waals surface area contributed by atoms with E-state index in [1.807, 2.05) is 13.8 Å². The van der Waals surface area contributed by atoms with Crippen molar-refractivity contribution in [2.45, 2.75) is 149 Å². The highest BCUT2D eigenvalue weighted by Gasteiger charge is 2.67. The smallest absolute Gasteiger partial charge is 0.310 e. The number of nitrogens with zero attached hydrogens (tertiary/aromatic N) is 9. The van der Waals surface area contributed by atoms with E-state index in [0.29, 0.717) is 45.8 Å². The molecule has 4 heterocycles. The van der Waals surface area contributed by atoms with Gasteiger partial charge >= 0.3 is 30.7 Å². The first kappa shape index (κ1) is 102. The van der Waals surface area contributed by atoms with Crippen LogP contribution < -0.4 is 18.9 Å². The molecule has 50 heteroatoms. The van der Waals surface area contributed by atoms with Gasteiger partial charge in [-0.25, -0.2) is 46.8 Å². The van der Waals surface area contributed by atoms with Crippen molar-refractivity contribution >= 4 is 137 Å². The molecular formula is C78H87F18N13O12S7. The number of aromatic nitrogens is 8. The van der Waals surface area contributed by atoms with Gasteiger partial charge in [0.2, 0.25) is 40.1 Å². The molecule has 8 N–H and O–H groups in total. The molecule has 128 heavy (non-hydrogen) atoms. The molecule has 0 aliphatic rings. The lowest BCUT2D eigenvalue weighted by Crippen LogP contribution is -2.46. The molecule has 704 valence electrons. The molecule has 8 aromatic carbocycles. The number of sulfonamides is 4. The van der Waals surface area contributed by atoms with Gasteiger partial charge in [-0.2, -0.15) is 25.7 Å². The second kappa shape index (κ2) is 32.7. The van der Waals surface area contributed by atoms with Gasteiger partial charge < -0.3 is 20.4 Å². The first-order valence-corrected chi connectivity index (χ1v) is 51.2. The number of fused-ring (bicyclic) bond motifs is 4. The number of anilines is 4. The molecule has 0 radical (unpaired) electrons. The van der Waals surface area contributed by atoms with Gasteiger partial charge in [-0.15, -0.1) is 0 Å². The minimum atomic E-state index is -9.93. The summed E-state index contributed by atoms with van der Waals surface area (Å²) in [5, 5.41) is 70.5. The van der Waals surface area contributed by atoms with Gasteiger partial charge in [0.05, 0.1) is 131 Å². The van der Waals surface area contributed by atoms with Crippen molar-refractivity contribution in [2.75, 3.05) is 43.9 Å². The number of rotatable bonds is 28. The van der Waals surface area contributed by atoms with Gasteiger partial charge in [0.15, 0.2) is 0 Å². The molecule has 12 rings (SSSR count). The molecule has 0 amide bonds. The fourth-order valence-corrected chi connectivity index (χ4v) is 19.4. The Morgan fingerprint density at radius 3 is 0.906 bits per heavy atom. The highest BCUT2D eigenvalue weighted by atomic mass is 32.5.